The number of hydrogen-bond acceptors (Lipinski definition) is 3. The number of aromatic nitrogens is 2. The molecule has 172 valence electrons. The number of H-pyrrole nitrogens is 1. The number of pyridine rings is 1. The van der Waals surface area contributed by atoms with Crippen LogP contribution in [0.5, 0.6) is 0 Å². The minimum absolute atomic E-state index is 0.120. The first-order chi connectivity index (χ1) is 16.5. The Morgan fingerprint density at radius 1 is 0.853 bits per heavy atom. The number of aromatic amines is 1. The van der Waals surface area contributed by atoms with E-state index in [1.54, 1.807) is 24.5 Å². The summed E-state index contributed by atoms with van der Waals surface area (Å²) in [7, 11) is 0. The molecule has 0 atom stereocenters. The maximum absolute atomic E-state index is 12.6. The molecule has 0 aliphatic heterocycles. The molecular formula is C28H28N4O2. The van der Waals surface area contributed by atoms with E-state index in [4.69, 9.17) is 0 Å². The van der Waals surface area contributed by atoms with Gasteiger partial charge in [0.05, 0.1) is 0 Å². The van der Waals surface area contributed by atoms with Gasteiger partial charge < -0.3 is 15.6 Å². The molecule has 1 saturated carbocycles. The molecule has 2 aromatic carbocycles. The summed E-state index contributed by atoms with van der Waals surface area (Å²) in [6.07, 6.45) is 7.50. The molecule has 5 rings (SSSR count). The SMILES string of the molecule is CC1CCC(C(=O)Nc2ccc(-c3cc4cc(C(=O)Nc5ccncc5)ccc4[nH]3)cc2)CC1. The van der Waals surface area contributed by atoms with E-state index in [1.165, 1.54) is 0 Å². The fraction of sp³-hybridized carbons (Fsp3) is 0.250. The van der Waals surface area contributed by atoms with Crippen molar-refractivity contribution in [1.29, 1.82) is 0 Å². The molecule has 2 aromatic heterocycles. The highest BCUT2D eigenvalue weighted by Gasteiger charge is 2.24. The van der Waals surface area contributed by atoms with Crippen molar-refractivity contribution in [1.82, 2.24) is 9.97 Å². The highest BCUT2D eigenvalue weighted by atomic mass is 16.2. The van der Waals surface area contributed by atoms with Crippen LogP contribution >= 0.6 is 0 Å². The Morgan fingerprint density at radius 3 is 2.29 bits per heavy atom. The first-order valence-electron chi connectivity index (χ1n) is 11.8. The van der Waals surface area contributed by atoms with Gasteiger partial charge in [0.1, 0.15) is 0 Å². The van der Waals surface area contributed by atoms with Crippen LogP contribution < -0.4 is 10.6 Å². The minimum Gasteiger partial charge on any atom is -0.355 e. The van der Waals surface area contributed by atoms with Crippen molar-refractivity contribution in [3.63, 3.8) is 0 Å². The average Bonchev–Trinajstić information content (AvgIpc) is 3.29. The van der Waals surface area contributed by atoms with Crippen LogP contribution in [0.15, 0.2) is 73.1 Å². The van der Waals surface area contributed by atoms with E-state index in [0.29, 0.717) is 11.3 Å². The molecule has 0 unspecified atom stereocenters. The Hall–Kier alpha value is -3.93. The fourth-order valence-corrected chi connectivity index (χ4v) is 4.57. The zero-order valence-corrected chi connectivity index (χ0v) is 19.2. The van der Waals surface area contributed by atoms with Gasteiger partial charge in [0.25, 0.3) is 5.91 Å². The zero-order chi connectivity index (χ0) is 23.5. The van der Waals surface area contributed by atoms with E-state index in [0.717, 1.165) is 59.4 Å². The summed E-state index contributed by atoms with van der Waals surface area (Å²) in [6.45, 7) is 2.26. The van der Waals surface area contributed by atoms with Gasteiger partial charge >= 0.3 is 0 Å². The van der Waals surface area contributed by atoms with Crippen LogP contribution in [0.4, 0.5) is 11.4 Å². The van der Waals surface area contributed by atoms with Crippen LogP contribution in [0.1, 0.15) is 43.0 Å². The van der Waals surface area contributed by atoms with Gasteiger partial charge in [0.2, 0.25) is 5.91 Å². The summed E-state index contributed by atoms with van der Waals surface area (Å²) in [4.78, 5) is 32.6. The van der Waals surface area contributed by atoms with E-state index >= 15 is 0 Å². The third kappa shape index (κ3) is 4.86. The highest BCUT2D eigenvalue weighted by Crippen LogP contribution is 2.30. The maximum Gasteiger partial charge on any atom is 0.255 e. The molecule has 3 N–H and O–H groups in total. The van der Waals surface area contributed by atoms with Crippen LogP contribution in [-0.2, 0) is 4.79 Å². The van der Waals surface area contributed by atoms with Crippen LogP contribution in [0.25, 0.3) is 22.2 Å². The Labute approximate surface area is 198 Å². The molecule has 6 nitrogen and oxygen atoms in total. The number of anilines is 2. The number of nitrogens with zero attached hydrogens (tertiary/aromatic N) is 1. The summed E-state index contributed by atoms with van der Waals surface area (Å²) in [6, 6.07) is 19.0. The molecule has 0 saturated heterocycles. The lowest BCUT2D eigenvalue weighted by Crippen LogP contribution is -2.26. The highest BCUT2D eigenvalue weighted by molar-refractivity contribution is 6.06. The lowest BCUT2D eigenvalue weighted by atomic mass is 9.82. The summed E-state index contributed by atoms with van der Waals surface area (Å²) in [5, 5.41) is 6.92. The van der Waals surface area contributed by atoms with Gasteiger partial charge in [-0.1, -0.05) is 19.1 Å². The quantitative estimate of drug-likeness (QED) is 0.335. The molecule has 2 heterocycles. The molecule has 1 fully saturated rings. The lowest BCUT2D eigenvalue weighted by Gasteiger charge is -2.25. The van der Waals surface area contributed by atoms with E-state index in [1.807, 2.05) is 48.5 Å². The van der Waals surface area contributed by atoms with Gasteiger partial charge in [-0.25, -0.2) is 0 Å². The first kappa shape index (κ1) is 21.9. The van der Waals surface area contributed by atoms with Crippen molar-refractivity contribution >= 4 is 34.1 Å². The molecule has 0 bridgehead atoms. The molecule has 6 heteroatoms. The molecule has 34 heavy (non-hydrogen) atoms. The van der Waals surface area contributed by atoms with Gasteiger partial charge in [-0.3, -0.25) is 14.6 Å². The van der Waals surface area contributed by atoms with Gasteiger partial charge in [-0.2, -0.15) is 0 Å². The fourth-order valence-electron chi connectivity index (χ4n) is 4.57. The number of carbonyl (C=O) groups is 2. The second kappa shape index (κ2) is 9.51. The van der Waals surface area contributed by atoms with Gasteiger partial charge in [0, 0.05) is 51.8 Å². The third-order valence-electron chi connectivity index (χ3n) is 6.67. The second-order valence-electron chi connectivity index (χ2n) is 9.20. The second-order valence-corrected chi connectivity index (χ2v) is 9.20. The van der Waals surface area contributed by atoms with Crippen molar-refractivity contribution in [3.05, 3.63) is 78.6 Å². The minimum atomic E-state index is -0.164. The summed E-state index contributed by atoms with van der Waals surface area (Å²) < 4.78 is 0. The normalized spacial score (nSPS) is 17.9. The summed E-state index contributed by atoms with van der Waals surface area (Å²) in [5.74, 6) is 0.812. The molecule has 0 spiro atoms. The Kier molecular flexibility index (Phi) is 6.12. The smallest absolute Gasteiger partial charge is 0.255 e. The summed E-state index contributed by atoms with van der Waals surface area (Å²) >= 11 is 0. The molecule has 1 aliphatic carbocycles. The van der Waals surface area contributed by atoms with Crippen LogP contribution in [0.2, 0.25) is 0 Å². The Balaban J connectivity index is 1.27. The van der Waals surface area contributed by atoms with Crippen molar-refractivity contribution in [2.45, 2.75) is 32.6 Å². The van der Waals surface area contributed by atoms with Crippen molar-refractivity contribution < 1.29 is 9.59 Å². The lowest BCUT2D eigenvalue weighted by molar-refractivity contribution is -0.121. The van der Waals surface area contributed by atoms with E-state index in [9.17, 15) is 9.59 Å². The molecule has 0 radical (unpaired) electrons. The molecule has 4 aromatic rings. The number of rotatable bonds is 5. The van der Waals surface area contributed by atoms with E-state index in [-0.39, 0.29) is 17.7 Å². The molecule has 2 amide bonds. The van der Waals surface area contributed by atoms with E-state index in [2.05, 4.69) is 27.5 Å². The first-order valence-corrected chi connectivity index (χ1v) is 11.8. The topological polar surface area (TPSA) is 86.9 Å². The largest absolute Gasteiger partial charge is 0.355 e. The maximum atomic E-state index is 12.6. The average molecular weight is 453 g/mol. The third-order valence-corrected chi connectivity index (χ3v) is 6.67. The standard InChI is InChI=1S/C28H28N4O2/c1-18-2-4-20(5-3-18)27(33)30-23-9-6-19(7-10-23)26-17-22-16-21(8-11-25(22)32-26)28(34)31-24-12-14-29-15-13-24/h6-18,20,32H,2-5H2,1H3,(H,30,33)(H,29,31,34). The van der Waals surface area contributed by atoms with Gasteiger partial charge in [-0.15, -0.1) is 0 Å². The van der Waals surface area contributed by atoms with E-state index < -0.39 is 0 Å². The monoisotopic (exact) mass is 452 g/mol. The number of amides is 2. The number of nitrogens with one attached hydrogen (secondary N) is 3. The van der Waals surface area contributed by atoms with Crippen molar-refractivity contribution in [2.24, 2.45) is 11.8 Å². The predicted molar refractivity (Wildman–Crippen MR) is 136 cm³/mol. The van der Waals surface area contributed by atoms with Gasteiger partial charge in [-0.05, 0) is 85.7 Å². The van der Waals surface area contributed by atoms with Crippen LogP contribution in [0.3, 0.4) is 0 Å². The molecule has 1 aliphatic rings. The van der Waals surface area contributed by atoms with Crippen LogP contribution in [0, 0.1) is 11.8 Å². The number of fused-ring (bicyclic) bond motifs is 1. The van der Waals surface area contributed by atoms with Gasteiger partial charge in [0.15, 0.2) is 0 Å². The number of benzene rings is 2. The van der Waals surface area contributed by atoms with Crippen LogP contribution in [-0.4, -0.2) is 21.8 Å². The number of carbonyl (C=O) groups excluding carboxylic acids is 2. The van der Waals surface area contributed by atoms with Crippen molar-refractivity contribution in [3.8, 4) is 11.3 Å². The number of hydrogen-bond donors (Lipinski definition) is 3. The molecular weight excluding hydrogens is 424 g/mol. The zero-order valence-electron chi connectivity index (χ0n) is 19.2. The Bertz CT molecular complexity index is 1300. The van der Waals surface area contributed by atoms with Crippen molar-refractivity contribution in [2.75, 3.05) is 10.6 Å². The summed E-state index contributed by atoms with van der Waals surface area (Å²) in [5.41, 5.74) is 5.05. The predicted octanol–water partition coefficient (Wildman–Crippen LogP) is 6.25. The Morgan fingerprint density at radius 2 is 1.56 bits per heavy atom.